The first-order valence-corrected chi connectivity index (χ1v) is 10.3. The van der Waals surface area contributed by atoms with Crippen molar-refractivity contribution < 1.29 is 27.2 Å². The quantitative estimate of drug-likeness (QED) is 0.260. The van der Waals surface area contributed by atoms with Crippen LogP contribution in [0.3, 0.4) is 0 Å². The highest BCUT2D eigenvalue weighted by molar-refractivity contribution is 5.87. The molecule has 1 atom stereocenters. The standard InChI is InChI=1S/C24H16F4N4O3/c1-10-21(11(2)35-32-10)12-5-15(22-19(6-12)30-23(33)31-22)24(34,20-4-3-13(25)9-29-20)14-7-17(27)18(28)8-16(14)26/h3-9,34H,1-2H3,(H2,30,31,33). The van der Waals surface area contributed by atoms with Gasteiger partial charge in [0.15, 0.2) is 17.2 Å². The molecule has 0 saturated carbocycles. The maximum absolute atomic E-state index is 15.1. The van der Waals surface area contributed by atoms with E-state index in [9.17, 15) is 23.1 Å². The summed E-state index contributed by atoms with van der Waals surface area (Å²) in [4.78, 5) is 21.2. The van der Waals surface area contributed by atoms with Gasteiger partial charge in [-0.2, -0.15) is 0 Å². The number of aromatic amines is 2. The van der Waals surface area contributed by atoms with E-state index in [-0.39, 0.29) is 28.4 Å². The number of halogens is 4. The Kier molecular flexibility index (Phi) is 5.09. The number of H-pyrrole nitrogens is 2. The predicted octanol–water partition coefficient (Wildman–Crippen LogP) is 4.36. The normalized spacial score (nSPS) is 13.3. The molecular formula is C24H16F4N4O3. The van der Waals surface area contributed by atoms with E-state index in [1.807, 2.05) is 0 Å². The maximum atomic E-state index is 15.1. The fourth-order valence-corrected chi connectivity index (χ4v) is 4.28. The lowest BCUT2D eigenvalue weighted by Gasteiger charge is -2.30. The highest BCUT2D eigenvalue weighted by atomic mass is 19.2. The molecule has 7 nitrogen and oxygen atoms in total. The zero-order valence-corrected chi connectivity index (χ0v) is 18.2. The molecule has 2 aromatic carbocycles. The van der Waals surface area contributed by atoms with E-state index in [2.05, 4.69) is 20.1 Å². The summed E-state index contributed by atoms with van der Waals surface area (Å²) in [5.74, 6) is -4.50. The number of nitrogens with zero attached hydrogens (tertiary/aromatic N) is 2. The van der Waals surface area contributed by atoms with Crippen molar-refractivity contribution in [3.05, 3.63) is 105 Å². The molecule has 1 unspecified atom stereocenters. The van der Waals surface area contributed by atoms with E-state index in [0.29, 0.717) is 28.6 Å². The van der Waals surface area contributed by atoms with Crippen molar-refractivity contribution in [3.8, 4) is 11.1 Å². The zero-order valence-electron chi connectivity index (χ0n) is 18.2. The topological polar surface area (TPSA) is 108 Å². The molecule has 11 heteroatoms. The molecule has 3 N–H and O–H groups in total. The Labute approximate surface area is 194 Å². The molecule has 0 amide bonds. The van der Waals surface area contributed by atoms with Gasteiger partial charge in [-0.05, 0) is 49.7 Å². The summed E-state index contributed by atoms with van der Waals surface area (Å²) in [7, 11) is 0. The number of rotatable bonds is 4. The number of aromatic nitrogens is 4. The first-order chi connectivity index (χ1) is 16.6. The van der Waals surface area contributed by atoms with Crippen molar-refractivity contribution in [2.75, 3.05) is 0 Å². The average molecular weight is 484 g/mol. The number of nitrogens with one attached hydrogen (secondary N) is 2. The number of aliphatic hydroxyl groups is 1. The number of imidazole rings is 1. The van der Waals surface area contributed by atoms with Crippen LogP contribution in [0.2, 0.25) is 0 Å². The number of pyridine rings is 1. The van der Waals surface area contributed by atoms with E-state index in [0.717, 1.165) is 18.3 Å². The minimum atomic E-state index is -2.59. The lowest BCUT2D eigenvalue weighted by molar-refractivity contribution is 0.117. The molecule has 3 aromatic heterocycles. The lowest BCUT2D eigenvalue weighted by atomic mass is 9.80. The monoisotopic (exact) mass is 484 g/mol. The third-order valence-electron chi connectivity index (χ3n) is 5.83. The third kappa shape index (κ3) is 3.51. The van der Waals surface area contributed by atoms with Crippen LogP contribution in [-0.2, 0) is 5.60 Å². The Morgan fingerprint density at radius 1 is 0.943 bits per heavy atom. The Hall–Kier alpha value is -4.25. The molecule has 178 valence electrons. The molecule has 3 heterocycles. The Bertz CT molecular complexity index is 1640. The Morgan fingerprint density at radius 3 is 2.34 bits per heavy atom. The molecule has 35 heavy (non-hydrogen) atoms. The van der Waals surface area contributed by atoms with Gasteiger partial charge < -0.3 is 19.6 Å². The number of benzene rings is 2. The number of fused-ring (bicyclic) bond motifs is 1. The van der Waals surface area contributed by atoms with Crippen LogP contribution in [0, 0.1) is 37.1 Å². The average Bonchev–Trinajstić information content (AvgIpc) is 3.35. The van der Waals surface area contributed by atoms with Gasteiger partial charge in [0.05, 0.1) is 28.6 Å². The molecule has 5 rings (SSSR count). The first kappa shape index (κ1) is 22.5. The summed E-state index contributed by atoms with van der Waals surface area (Å²) in [6.45, 7) is 3.33. The summed E-state index contributed by atoms with van der Waals surface area (Å²) in [5.41, 5.74) is -2.66. The molecule has 0 spiro atoms. The maximum Gasteiger partial charge on any atom is 0.323 e. The van der Waals surface area contributed by atoms with E-state index in [1.54, 1.807) is 19.9 Å². The van der Waals surface area contributed by atoms with Gasteiger partial charge in [0, 0.05) is 22.8 Å². The second kappa shape index (κ2) is 7.91. The fourth-order valence-electron chi connectivity index (χ4n) is 4.28. The Morgan fingerprint density at radius 2 is 1.69 bits per heavy atom. The molecule has 0 aliphatic carbocycles. The van der Waals surface area contributed by atoms with Gasteiger partial charge in [0.1, 0.15) is 17.4 Å². The number of hydrogen-bond acceptors (Lipinski definition) is 5. The van der Waals surface area contributed by atoms with Gasteiger partial charge in [0.25, 0.3) is 0 Å². The SMILES string of the molecule is Cc1noc(C)c1-c1cc(C(O)(c2ccc(F)cn2)c2cc(F)c(F)cc2F)c2[nH]c(=O)[nH]c2c1. The van der Waals surface area contributed by atoms with Gasteiger partial charge in [-0.25, -0.2) is 22.4 Å². The largest absolute Gasteiger partial charge is 0.374 e. The summed E-state index contributed by atoms with van der Waals surface area (Å²) in [6, 6.07) is 5.84. The highest BCUT2D eigenvalue weighted by Crippen LogP contribution is 2.42. The molecule has 0 bridgehead atoms. The molecule has 0 saturated heterocycles. The summed E-state index contributed by atoms with van der Waals surface area (Å²) in [6.07, 6.45) is 0.785. The van der Waals surface area contributed by atoms with E-state index in [1.165, 1.54) is 6.07 Å². The Balaban J connectivity index is 1.93. The van der Waals surface area contributed by atoms with Gasteiger partial charge in [-0.15, -0.1) is 0 Å². The van der Waals surface area contributed by atoms with Crippen LogP contribution in [0.5, 0.6) is 0 Å². The second-order valence-electron chi connectivity index (χ2n) is 8.04. The zero-order chi connectivity index (χ0) is 25.1. The molecule has 0 radical (unpaired) electrons. The minimum Gasteiger partial charge on any atom is -0.374 e. The van der Waals surface area contributed by atoms with Crippen molar-refractivity contribution in [2.24, 2.45) is 0 Å². The van der Waals surface area contributed by atoms with Crippen LogP contribution in [-0.4, -0.2) is 25.2 Å². The van der Waals surface area contributed by atoms with Crippen LogP contribution < -0.4 is 5.69 Å². The minimum absolute atomic E-state index is 0.0447. The first-order valence-electron chi connectivity index (χ1n) is 10.3. The molecule has 0 aliphatic heterocycles. The van der Waals surface area contributed by atoms with E-state index >= 15 is 4.39 Å². The third-order valence-corrected chi connectivity index (χ3v) is 5.83. The summed E-state index contributed by atoms with van der Waals surface area (Å²) >= 11 is 0. The number of aryl methyl sites for hydroxylation is 2. The fraction of sp³-hybridized carbons (Fsp3) is 0.125. The second-order valence-corrected chi connectivity index (χ2v) is 8.04. The van der Waals surface area contributed by atoms with Crippen LogP contribution in [0.1, 0.15) is 28.3 Å². The van der Waals surface area contributed by atoms with Crippen molar-refractivity contribution in [2.45, 2.75) is 19.4 Å². The van der Waals surface area contributed by atoms with Crippen LogP contribution in [0.4, 0.5) is 17.6 Å². The predicted molar refractivity (Wildman–Crippen MR) is 117 cm³/mol. The van der Waals surface area contributed by atoms with Crippen molar-refractivity contribution in [1.29, 1.82) is 0 Å². The van der Waals surface area contributed by atoms with Gasteiger partial charge in [-0.1, -0.05) is 5.16 Å². The molecule has 0 aliphatic rings. The van der Waals surface area contributed by atoms with E-state index in [4.69, 9.17) is 4.52 Å². The van der Waals surface area contributed by atoms with Crippen LogP contribution >= 0.6 is 0 Å². The molecule has 5 aromatic rings. The van der Waals surface area contributed by atoms with Crippen LogP contribution in [0.25, 0.3) is 22.2 Å². The smallest absolute Gasteiger partial charge is 0.323 e. The van der Waals surface area contributed by atoms with Crippen molar-refractivity contribution in [3.63, 3.8) is 0 Å². The number of hydrogen-bond donors (Lipinski definition) is 3. The van der Waals surface area contributed by atoms with Crippen molar-refractivity contribution >= 4 is 11.0 Å². The van der Waals surface area contributed by atoms with E-state index < -0.39 is 40.1 Å². The van der Waals surface area contributed by atoms with Crippen LogP contribution in [0.15, 0.2) is 51.9 Å². The van der Waals surface area contributed by atoms with Gasteiger partial charge >= 0.3 is 5.69 Å². The van der Waals surface area contributed by atoms with Gasteiger partial charge in [0.2, 0.25) is 0 Å². The highest BCUT2D eigenvalue weighted by Gasteiger charge is 2.41. The summed E-state index contributed by atoms with van der Waals surface area (Å²) in [5, 5.41) is 16.0. The lowest BCUT2D eigenvalue weighted by Crippen LogP contribution is -2.32. The molecular weight excluding hydrogens is 468 g/mol. The molecule has 0 fully saturated rings. The summed E-state index contributed by atoms with van der Waals surface area (Å²) < 4.78 is 62.1. The van der Waals surface area contributed by atoms with Gasteiger partial charge in [-0.3, -0.25) is 4.98 Å². The van der Waals surface area contributed by atoms with Crippen molar-refractivity contribution in [1.82, 2.24) is 20.1 Å².